The summed E-state index contributed by atoms with van der Waals surface area (Å²) in [5.41, 5.74) is 3.84. The summed E-state index contributed by atoms with van der Waals surface area (Å²) in [6.45, 7) is 14.0. The lowest BCUT2D eigenvalue weighted by molar-refractivity contribution is 0.443. The van der Waals surface area contributed by atoms with Gasteiger partial charge in [0, 0.05) is 29.9 Å². The SMILES string of the molecule is CCCC(C)n1nc(C)c(CNC(C)C)c1C. The van der Waals surface area contributed by atoms with Gasteiger partial charge in [-0.3, -0.25) is 4.68 Å². The molecule has 0 bridgehead atoms. The Bertz CT molecular complexity index is 353. The fourth-order valence-corrected chi connectivity index (χ4v) is 2.23. The van der Waals surface area contributed by atoms with Gasteiger partial charge in [-0.25, -0.2) is 0 Å². The largest absolute Gasteiger partial charge is 0.310 e. The molecule has 0 amide bonds. The van der Waals surface area contributed by atoms with E-state index in [-0.39, 0.29) is 0 Å². The van der Waals surface area contributed by atoms with E-state index in [0.717, 1.165) is 6.54 Å². The molecule has 0 aromatic carbocycles. The van der Waals surface area contributed by atoms with Crippen LogP contribution < -0.4 is 5.32 Å². The van der Waals surface area contributed by atoms with Crippen molar-refractivity contribution in [2.75, 3.05) is 0 Å². The van der Waals surface area contributed by atoms with Gasteiger partial charge in [-0.1, -0.05) is 27.2 Å². The van der Waals surface area contributed by atoms with Crippen LogP contribution >= 0.6 is 0 Å². The van der Waals surface area contributed by atoms with E-state index in [1.807, 2.05) is 0 Å². The number of aryl methyl sites for hydroxylation is 1. The zero-order chi connectivity index (χ0) is 13.0. The molecule has 17 heavy (non-hydrogen) atoms. The molecular weight excluding hydrogens is 210 g/mol. The van der Waals surface area contributed by atoms with Crippen LogP contribution in [-0.4, -0.2) is 15.8 Å². The van der Waals surface area contributed by atoms with Crippen molar-refractivity contribution in [1.82, 2.24) is 15.1 Å². The molecule has 1 heterocycles. The summed E-state index contributed by atoms with van der Waals surface area (Å²) in [6.07, 6.45) is 2.40. The molecule has 1 aromatic rings. The molecule has 0 fully saturated rings. The molecule has 0 saturated carbocycles. The van der Waals surface area contributed by atoms with E-state index in [4.69, 9.17) is 0 Å². The molecule has 1 N–H and O–H groups in total. The fraction of sp³-hybridized carbons (Fsp3) is 0.786. The zero-order valence-electron chi connectivity index (χ0n) is 12.2. The quantitative estimate of drug-likeness (QED) is 0.822. The molecule has 3 heteroatoms. The normalized spacial score (nSPS) is 13.4. The predicted molar refractivity (Wildman–Crippen MR) is 73.3 cm³/mol. The van der Waals surface area contributed by atoms with E-state index in [1.165, 1.54) is 29.8 Å². The van der Waals surface area contributed by atoms with E-state index in [9.17, 15) is 0 Å². The Labute approximate surface area is 106 Å². The first-order chi connectivity index (χ1) is 7.97. The Kier molecular flexibility index (Phi) is 5.19. The molecule has 1 rings (SSSR count). The number of hydrogen-bond donors (Lipinski definition) is 1. The third-order valence-electron chi connectivity index (χ3n) is 3.29. The van der Waals surface area contributed by atoms with E-state index in [0.29, 0.717) is 12.1 Å². The minimum absolute atomic E-state index is 0.506. The van der Waals surface area contributed by atoms with Gasteiger partial charge >= 0.3 is 0 Å². The Morgan fingerprint density at radius 3 is 2.41 bits per heavy atom. The lowest BCUT2D eigenvalue weighted by Gasteiger charge is -2.14. The fourth-order valence-electron chi connectivity index (χ4n) is 2.23. The average Bonchev–Trinajstić information content (AvgIpc) is 2.52. The van der Waals surface area contributed by atoms with Gasteiger partial charge in [-0.15, -0.1) is 0 Å². The van der Waals surface area contributed by atoms with Crippen molar-refractivity contribution in [3.8, 4) is 0 Å². The highest BCUT2D eigenvalue weighted by atomic mass is 15.3. The second-order valence-corrected chi connectivity index (χ2v) is 5.27. The number of aromatic nitrogens is 2. The van der Waals surface area contributed by atoms with Crippen molar-refractivity contribution in [2.45, 2.75) is 73.0 Å². The first-order valence-electron chi connectivity index (χ1n) is 6.75. The molecule has 1 aromatic heterocycles. The van der Waals surface area contributed by atoms with Crippen molar-refractivity contribution in [3.63, 3.8) is 0 Å². The first-order valence-corrected chi connectivity index (χ1v) is 6.75. The van der Waals surface area contributed by atoms with Crippen LogP contribution in [0.3, 0.4) is 0 Å². The molecule has 3 nitrogen and oxygen atoms in total. The van der Waals surface area contributed by atoms with Gasteiger partial charge < -0.3 is 5.32 Å². The summed E-state index contributed by atoms with van der Waals surface area (Å²) in [4.78, 5) is 0. The Morgan fingerprint density at radius 2 is 1.88 bits per heavy atom. The minimum atomic E-state index is 0.506. The summed E-state index contributed by atoms with van der Waals surface area (Å²) in [5.74, 6) is 0. The molecule has 0 saturated heterocycles. The highest BCUT2D eigenvalue weighted by Crippen LogP contribution is 2.20. The van der Waals surface area contributed by atoms with Crippen LogP contribution in [-0.2, 0) is 6.54 Å². The standard InChI is InChI=1S/C14H27N3/c1-7-8-11(4)17-13(6)14(12(5)16-17)9-15-10(2)3/h10-11,15H,7-9H2,1-6H3. The summed E-state index contributed by atoms with van der Waals surface area (Å²) in [5, 5.41) is 8.16. The van der Waals surface area contributed by atoms with Crippen LogP contribution in [0.2, 0.25) is 0 Å². The molecule has 0 radical (unpaired) electrons. The molecular formula is C14H27N3. The van der Waals surface area contributed by atoms with Crippen molar-refractivity contribution >= 4 is 0 Å². The number of nitrogens with one attached hydrogen (secondary N) is 1. The smallest absolute Gasteiger partial charge is 0.0641 e. The minimum Gasteiger partial charge on any atom is -0.310 e. The summed E-state index contributed by atoms with van der Waals surface area (Å²) >= 11 is 0. The third kappa shape index (κ3) is 3.56. The molecule has 0 aliphatic carbocycles. The van der Waals surface area contributed by atoms with Crippen molar-refractivity contribution < 1.29 is 0 Å². The van der Waals surface area contributed by atoms with E-state index in [1.54, 1.807) is 0 Å². The average molecular weight is 237 g/mol. The number of nitrogens with zero attached hydrogens (tertiary/aromatic N) is 2. The summed E-state index contributed by atoms with van der Waals surface area (Å²) in [6, 6.07) is 1.02. The molecule has 0 spiro atoms. The second kappa shape index (κ2) is 6.20. The Hall–Kier alpha value is -0.830. The maximum absolute atomic E-state index is 4.68. The van der Waals surface area contributed by atoms with Crippen LogP contribution in [0.5, 0.6) is 0 Å². The highest BCUT2D eigenvalue weighted by molar-refractivity contribution is 5.24. The zero-order valence-corrected chi connectivity index (χ0v) is 12.2. The van der Waals surface area contributed by atoms with Gasteiger partial charge in [0.25, 0.3) is 0 Å². The number of rotatable bonds is 6. The van der Waals surface area contributed by atoms with Gasteiger partial charge in [-0.05, 0) is 27.2 Å². The van der Waals surface area contributed by atoms with Gasteiger partial charge in [0.2, 0.25) is 0 Å². The Balaban J connectivity index is 2.85. The molecule has 0 aliphatic rings. The third-order valence-corrected chi connectivity index (χ3v) is 3.29. The van der Waals surface area contributed by atoms with Crippen molar-refractivity contribution in [2.24, 2.45) is 0 Å². The molecule has 98 valence electrons. The topological polar surface area (TPSA) is 29.9 Å². The van der Waals surface area contributed by atoms with Crippen LogP contribution in [0.4, 0.5) is 0 Å². The predicted octanol–water partition coefficient (Wildman–Crippen LogP) is 3.36. The van der Waals surface area contributed by atoms with Gasteiger partial charge in [0.1, 0.15) is 0 Å². The van der Waals surface area contributed by atoms with Crippen LogP contribution in [0.25, 0.3) is 0 Å². The van der Waals surface area contributed by atoms with E-state index in [2.05, 4.69) is 56.6 Å². The van der Waals surface area contributed by atoms with Crippen LogP contribution in [0, 0.1) is 13.8 Å². The van der Waals surface area contributed by atoms with Crippen molar-refractivity contribution in [1.29, 1.82) is 0 Å². The van der Waals surface area contributed by atoms with Crippen LogP contribution in [0.15, 0.2) is 0 Å². The highest BCUT2D eigenvalue weighted by Gasteiger charge is 2.14. The summed E-state index contributed by atoms with van der Waals surface area (Å²) < 4.78 is 2.19. The Morgan fingerprint density at radius 1 is 1.24 bits per heavy atom. The second-order valence-electron chi connectivity index (χ2n) is 5.27. The lowest BCUT2D eigenvalue weighted by Crippen LogP contribution is -2.22. The lowest BCUT2D eigenvalue weighted by atomic mass is 10.1. The van der Waals surface area contributed by atoms with Gasteiger partial charge in [-0.2, -0.15) is 5.10 Å². The number of hydrogen-bond acceptors (Lipinski definition) is 2. The molecule has 0 aliphatic heterocycles. The maximum Gasteiger partial charge on any atom is 0.0641 e. The maximum atomic E-state index is 4.68. The first kappa shape index (κ1) is 14.2. The summed E-state index contributed by atoms with van der Waals surface area (Å²) in [7, 11) is 0. The monoisotopic (exact) mass is 237 g/mol. The van der Waals surface area contributed by atoms with Crippen LogP contribution in [0.1, 0.15) is 63.5 Å². The van der Waals surface area contributed by atoms with Gasteiger partial charge in [0.15, 0.2) is 0 Å². The van der Waals surface area contributed by atoms with E-state index >= 15 is 0 Å². The van der Waals surface area contributed by atoms with Gasteiger partial charge in [0.05, 0.1) is 5.69 Å². The van der Waals surface area contributed by atoms with E-state index < -0.39 is 0 Å². The van der Waals surface area contributed by atoms with Crippen molar-refractivity contribution in [3.05, 3.63) is 17.0 Å². The molecule has 1 unspecified atom stereocenters. The molecule has 1 atom stereocenters.